The molecule has 0 atom stereocenters. The standard InChI is InChI=1S/C17H24N6.HI/c1-4-18-17(19-11-16-21-20-13(2)22(16)3)23-10-9-14-7-5-6-8-15(14)12-23;/h5-8H,4,9-12H2,1-3H3,(H,18,19);1H. The molecule has 0 fully saturated rings. The lowest BCUT2D eigenvalue weighted by atomic mass is 10.0. The average Bonchev–Trinajstić information content (AvgIpc) is 2.90. The monoisotopic (exact) mass is 440 g/mol. The molecular weight excluding hydrogens is 415 g/mol. The Bertz CT molecular complexity index is 709. The molecule has 2 aromatic rings. The van der Waals surface area contributed by atoms with Crippen molar-refractivity contribution >= 4 is 29.9 Å². The molecule has 0 bridgehead atoms. The summed E-state index contributed by atoms with van der Waals surface area (Å²) in [5.41, 5.74) is 2.84. The average molecular weight is 440 g/mol. The lowest BCUT2D eigenvalue weighted by Gasteiger charge is -2.31. The lowest BCUT2D eigenvalue weighted by molar-refractivity contribution is 0.378. The van der Waals surface area contributed by atoms with Gasteiger partial charge in [-0.3, -0.25) is 0 Å². The molecule has 0 saturated heterocycles. The van der Waals surface area contributed by atoms with Crippen LogP contribution in [0.15, 0.2) is 29.3 Å². The summed E-state index contributed by atoms with van der Waals surface area (Å²) in [5.74, 6) is 2.74. The highest BCUT2D eigenvalue weighted by Crippen LogP contribution is 2.18. The van der Waals surface area contributed by atoms with E-state index in [1.54, 1.807) is 0 Å². The second kappa shape index (κ2) is 8.46. The number of rotatable bonds is 3. The summed E-state index contributed by atoms with van der Waals surface area (Å²) in [6.45, 7) is 7.33. The van der Waals surface area contributed by atoms with Gasteiger partial charge in [-0.2, -0.15) is 0 Å². The van der Waals surface area contributed by atoms with Gasteiger partial charge in [0.2, 0.25) is 0 Å². The Hall–Kier alpha value is -1.64. The first-order chi connectivity index (χ1) is 11.2. The van der Waals surface area contributed by atoms with Gasteiger partial charge in [0, 0.05) is 26.7 Å². The number of fused-ring (bicyclic) bond motifs is 1. The number of aliphatic imine (C=N–C) groups is 1. The van der Waals surface area contributed by atoms with Gasteiger partial charge in [0.1, 0.15) is 12.4 Å². The van der Waals surface area contributed by atoms with Crippen LogP contribution in [0.25, 0.3) is 0 Å². The Balaban J connectivity index is 0.00000208. The van der Waals surface area contributed by atoms with Crippen LogP contribution in [0.2, 0.25) is 0 Å². The molecule has 3 rings (SSSR count). The molecule has 1 aliphatic heterocycles. The van der Waals surface area contributed by atoms with Crippen LogP contribution < -0.4 is 5.32 Å². The number of halogens is 1. The van der Waals surface area contributed by atoms with Crippen molar-refractivity contribution in [3.63, 3.8) is 0 Å². The van der Waals surface area contributed by atoms with Gasteiger partial charge in [-0.25, -0.2) is 4.99 Å². The quantitative estimate of drug-likeness (QED) is 0.452. The van der Waals surface area contributed by atoms with Crippen LogP contribution >= 0.6 is 24.0 Å². The van der Waals surface area contributed by atoms with Crippen molar-refractivity contribution in [3.8, 4) is 0 Å². The molecular formula is C17H25IN6. The molecule has 1 N–H and O–H groups in total. The molecule has 2 heterocycles. The van der Waals surface area contributed by atoms with Crippen LogP contribution in [0, 0.1) is 6.92 Å². The second-order valence-corrected chi connectivity index (χ2v) is 5.83. The van der Waals surface area contributed by atoms with E-state index in [0.717, 1.165) is 43.7 Å². The van der Waals surface area contributed by atoms with Crippen LogP contribution in [0.1, 0.15) is 29.7 Å². The second-order valence-electron chi connectivity index (χ2n) is 5.83. The molecule has 0 radical (unpaired) electrons. The number of nitrogens with one attached hydrogen (secondary N) is 1. The third-order valence-electron chi connectivity index (χ3n) is 4.32. The summed E-state index contributed by atoms with van der Waals surface area (Å²) in [6, 6.07) is 8.65. The first kappa shape index (κ1) is 18.7. The van der Waals surface area contributed by atoms with E-state index in [2.05, 4.69) is 51.6 Å². The smallest absolute Gasteiger partial charge is 0.194 e. The van der Waals surface area contributed by atoms with Crippen molar-refractivity contribution < 1.29 is 0 Å². The number of aryl methyl sites for hydroxylation is 1. The zero-order chi connectivity index (χ0) is 16.2. The number of guanidine groups is 1. The number of nitrogens with zero attached hydrogens (tertiary/aromatic N) is 5. The number of hydrogen-bond donors (Lipinski definition) is 1. The van der Waals surface area contributed by atoms with E-state index in [1.807, 2.05) is 18.5 Å². The van der Waals surface area contributed by atoms with E-state index in [9.17, 15) is 0 Å². The minimum absolute atomic E-state index is 0. The van der Waals surface area contributed by atoms with E-state index < -0.39 is 0 Å². The Labute approximate surface area is 160 Å². The Morgan fingerprint density at radius 2 is 2.00 bits per heavy atom. The molecule has 0 spiro atoms. The molecule has 24 heavy (non-hydrogen) atoms. The van der Waals surface area contributed by atoms with Crippen molar-refractivity contribution in [2.45, 2.75) is 33.4 Å². The molecule has 6 nitrogen and oxygen atoms in total. The predicted molar refractivity (Wildman–Crippen MR) is 107 cm³/mol. The molecule has 1 aromatic carbocycles. The van der Waals surface area contributed by atoms with Crippen molar-refractivity contribution in [1.29, 1.82) is 0 Å². The van der Waals surface area contributed by atoms with Gasteiger partial charge in [-0.05, 0) is 31.4 Å². The van der Waals surface area contributed by atoms with Crippen molar-refractivity contribution in [2.24, 2.45) is 12.0 Å². The Kier molecular flexibility index (Phi) is 6.59. The molecule has 130 valence electrons. The van der Waals surface area contributed by atoms with Gasteiger partial charge in [0.15, 0.2) is 11.8 Å². The Morgan fingerprint density at radius 1 is 1.25 bits per heavy atom. The van der Waals surface area contributed by atoms with E-state index in [-0.39, 0.29) is 24.0 Å². The molecule has 0 aliphatic carbocycles. The highest BCUT2D eigenvalue weighted by Gasteiger charge is 2.18. The van der Waals surface area contributed by atoms with Gasteiger partial charge in [0.05, 0.1) is 0 Å². The van der Waals surface area contributed by atoms with E-state index in [0.29, 0.717) is 6.54 Å². The summed E-state index contributed by atoms with van der Waals surface area (Å²) in [4.78, 5) is 7.08. The fourth-order valence-corrected chi connectivity index (χ4v) is 2.84. The maximum absolute atomic E-state index is 4.76. The number of aromatic nitrogens is 3. The topological polar surface area (TPSA) is 58.3 Å². The number of benzene rings is 1. The molecule has 1 aliphatic rings. The summed E-state index contributed by atoms with van der Waals surface area (Å²) < 4.78 is 1.98. The van der Waals surface area contributed by atoms with Crippen molar-refractivity contribution in [3.05, 3.63) is 47.0 Å². The summed E-state index contributed by atoms with van der Waals surface area (Å²) in [5, 5.41) is 11.7. The van der Waals surface area contributed by atoms with Crippen LogP contribution in [-0.4, -0.2) is 38.7 Å². The van der Waals surface area contributed by atoms with Crippen LogP contribution in [0.4, 0.5) is 0 Å². The maximum atomic E-state index is 4.76. The molecule has 1 aromatic heterocycles. The highest BCUT2D eigenvalue weighted by molar-refractivity contribution is 14.0. The maximum Gasteiger partial charge on any atom is 0.194 e. The van der Waals surface area contributed by atoms with Crippen LogP contribution in [-0.2, 0) is 26.6 Å². The first-order valence-electron chi connectivity index (χ1n) is 8.14. The fourth-order valence-electron chi connectivity index (χ4n) is 2.84. The summed E-state index contributed by atoms with van der Waals surface area (Å²) in [6.07, 6.45) is 1.06. The summed E-state index contributed by atoms with van der Waals surface area (Å²) in [7, 11) is 1.98. The molecule has 0 saturated carbocycles. The van der Waals surface area contributed by atoms with E-state index in [4.69, 9.17) is 4.99 Å². The van der Waals surface area contributed by atoms with Crippen LogP contribution in [0.5, 0.6) is 0 Å². The lowest BCUT2D eigenvalue weighted by Crippen LogP contribution is -2.44. The third-order valence-corrected chi connectivity index (χ3v) is 4.32. The first-order valence-corrected chi connectivity index (χ1v) is 8.14. The highest BCUT2D eigenvalue weighted by atomic mass is 127. The zero-order valence-corrected chi connectivity index (χ0v) is 16.8. The van der Waals surface area contributed by atoms with E-state index in [1.165, 1.54) is 11.1 Å². The molecule has 0 amide bonds. The minimum Gasteiger partial charge on any atom is -0.356 e. The van der Waals surface area contributed by atoms with Gasteiger partial charge in [0.25, 0.3) is 0 Å². The zero-order valence-electron chi connectivity index (χ0n) is 14.5. The summed E-state index contributed by atoms with van der Waals surface area (Å²) >= 11 is 0. The predicted octanol–water partition coefficient (Wildman–Crippen LogP) is 2.27. The largest absolute Gasteiger partial charge is 0.356 e. The van der Waals surface area contributed by atoms with Crippen molar-refractivity contribution in [2.75, 3.05) is 13.1 Å². The number of hydrogen-bond acceptors (Lipinski definition) is 3. The third kappa shape index (κ3) is 4.06. The molecule has 0 unspecified atom stereocenters. The van der Waals surface area contributed by atoms with Gasteiger partial charge in [-0.1, -0.05) is 24.3 Å². The van der Waals surface area contributed by atoms with Crippen LogP contribution in [0.3, 0.4) is 0 Å². The van der Waals surface area contributed by atoms with Gasteiger partial charge >= 0.3 is 0 Å². The SMILES string of the molecule is CCNC(=NCc1nnc(C)n1C)N1CCc2ccccc2C1.I. The van der Waals surface area contributed by atoms with Gasteiger partial charge < -0.3 is 14.8 Å². The minimum atomic E-state index is 0. The van der Waals surface area contributed by atoms with Gasteiger partial charge in [-0.15, -0.1) is 34.2 Å². The normalized spacial score (nSPS) is 14.1. The van der Waals surface area contributed by atoms with E-state index >= 15 is 0 Å². The molecule has 7 heteroatoms. The Morgan fingerprint density at radius 3 is 2.67 bits per heavy atom. The van der Waals surface area contributed by atoms with Crippen molar-refractivity contribution in [1.82, 2.24) is 25.0 Å². The fraction of sp³-hybridized carbons (Fsp3) is 0.471.